The molecule has 1 aliphatic rings. The maximum Gasteiger partial charge on any atom is 0.123 e. The van der Waals surface area contributed by atoms with Crippen LogP contribution in [0.15, 0.2) is 24.3 Å². The van der Waals surface area contributed by atoms with Gasteiger partial charge in [0.15, 0.2) is 0 Å². The standard InChI is InChI=1S/C11H14FNO/c12-10-3-1-8(2-4-10)11(7-14)9-5-13-6-9/h1-4,9,11,13-14H,5-7H2. The number of aliphatic hydroxyl groups excluding tert-OH is 1. The van der Waals surface area contributed by atoms with Crippen LogP contribution >= 0.6 is 0 Å². The molecule has 0 bridgehead atoms. The Labute approximate surface area is 82.8 Å². The van der Waals surface area contributed by atoms with Gasteiger partial charge in [0.2, 0.25) is 0 Å². The zero-order valence-corrected chi connectivity index (χ0v) is 7.91. The van der Waals surface area contributed by atoms with Gasteiger partial charge in [-0.2, -0.15) is 0 Å². The van der Waals surface area contributed by atoms with Crippen LogP contribution in [0.5, 0.6) is 0 Å². The summed E-state index contributed by atoms with van der Waals surface area (Å²) >= 11 is 0. The van der Waals surface area contributed by atoms with Crippen molar-refractivity contribution in [2.75, 3.05) is 19.7 Å². The van der Waals surface area contributed by atoms with Crippen molar-refractivity contribution >= 4 is 0 Å². The quantitative estimate of drug-likeness (QED) is 0.757. The molecule has 1 aromatic rings. The minimum atomic E-state index is -0.225. The first-order chi connectivity index (χ1) is 6.81. The molecular formula is C11H14FNO. The Bertz CT molecular complexity index is 295. The van der Waals surface area contributed by atoms with Gasteiger partial charge < -0.3 is 10.4 Å². The van der Waals surface area contributed by atoms with E-state index < -0.39 is 0 Å². The first-order valence-corrected chi connectivity index (χ1v) is 4.88. The van der Waals surface area contributed by atoms with E-state index in [1.807, 2.05) is 0 Å². The van der Waals surface area contributed by atoms with Crippen LogP contribution in [0.1, 0.15) is 11.5 Å². The zero-order chi connectivity index (χ0) is 9.97. The maximum absolute atomic E-state index is 12.7. The smallest absolute Gasteiger partial charge is 0.123 e. The van der Waals surface area contributed by atoms with Gasteiger partial charge in [-0.3, -0.25) is 0 Å². The van der Waals surface area contributed by atoms with Gasteiger partial charge in [-0.15, -0.1) is 0 Å². The van der Waals surface area contributed by atoms with Gasteiger partial charge >= 0.3 is 0 Å². The van der Waals surface area contributed by atoms with Crippen LogP contribution in [0.2, 0.25) is 0 Å². The molecule has 1 fully saturated rings. The molecule has 76 valence electrons. The van der Waals surface area contributed by atoms with Crippen LogP contribution in [0.25, 0.3) is 0 Å². The van der Waals surface area contributed by atoms with E-state index >= 15 is 0 Å². The first kappa shape index (κ1) is 9.62. The number of benzene rings is 1. The molecule has 1 aliphatic heterocycles. The molecule has 1 saturated heterocycles. The van der Waals surface area contributed by atoms with Crippen LogP contribution in [0.3, 0.4) is 0 Å². The van der Waals surface area contributed by atoms with Gasteiger partial charge in [-0.05, 0) is 36.7 Å². The Balaban J connectivity index is 2.14. The maximum atomic E-state index is 12.7. The van der Waals surface area contributed by atoms with Crippen LogP contribution in [-0.4, -0.2) is 24.8 Å². The lowest BCUT2D eigenvalue weighted by Gasteiger charge is -2.34. The highest BCUT2D eigenvalue weighted by atomic mass is 19.1. The van der Waals surface area contributed by atoms with Crippen molar-refractivity contribution in [3.8, 4) is 0 Å². The molecule has 1 atom stereocenters. The monoisotopic (exact) mass is 195 g/mol. The minimum absolute atomic E-state index is 0.137. The molecule has 0 aromatic heterocycles. The van der Waals surface area contributed by atoms with E-state index in [2.05, 4.69) is 5.32 Å². The van der Waals surface area contributed by atoms with Crippen LogP contribution in [0.4, 0.5) is 4.39 Å². The van der Waals surface area contributed by atoms with Crippen molar-refractivity contribution < 1.29 is 9.50 Å². The fourth-order valence-corrected chi connectivity index (χ4v) is 1.83. The normalized spacial score (nSPS) is 19.0. The molecule has 2 nitrogen and oxygen atoms in total. The molecule has 1 aromatic carbocycles. The summed E-state index contributed by atoms with van der Waals surface area (Å²) in [7, 11) is 0. The highest BCUT2D eigenvalue weighted by Gasteiger charge is 2.27. The molecule has 1 heterocycles. The van der Waals surface area contributed by atoms with Crippen molar-refractivity contribution in [1.82, 2.24) is 5.32 Å². The van der Waals surface area contributed by atoms with Gasteiger partial charge in [0, 0.05) is 5.92 Å². The largest absolute Gasteiger partial charge is 0.396 e. The summed E-state index contributed by atoms with van der Waals surface area (Å²) in [6.07, 6.45) is 0. The molecule has 3 heteroatoms. The van der Waals surface area contributed by atoms with Gasteiger partial charge in [0.25, 0.3) is 0 Å². The summed E-state index contributed by atoms with van der Waals surface area (Å²) in [6.45, 7) is 2.03. The van der Waals surface area contributed by atoms with Gasteiger partial charge in [-0.1, -0.05) is 12.1 Å². The van der Waals surface area contributed by atoms with Gasteiger partial charge in [0.05, 0.1) is 6.61 Å². The molecule has 0 radical (unpaired) electrons. The molecule has 0 spiro atoms. The lowest BCUT2D eigenvalue weighted by Crippen LogP contribution is -2.46. The second kappa shape index (κ2) is 4.07. The van der Waals surface area contributed by atoms with Gasteiger partial charge in [-0.25, -0.2) is 4.39 Å². The second-order valence-corrected chi connectivity index (χ2v) is 3.76. The third kappa shape index (κ3) is 1.79. The van der Waals surface area contributed by atoms with Crippen LogP contribution in [0, 0.1) is 11.7 Å². The molecule has 0 amide bonds. The molecule has 0 saturated carbocycles. The second-order valence-electron chi connectivity index (χ2n) is 3.76. The minimum Gasteiger partial charge on any atom is -0.396 e. The number of aliphatic hydroxyl groups is 1. The SMILES string of the molecule is OCC(c1ccc(F)cc1)C1CNC1. The highest BCUT2D eigenvalue weighted by Crippen LogP contribution is 2.27. The Morgan fingerprint density at radius 2 is 2.00 bits per heavy atom. The molecule has 2 N–H and O–H groups in total. The predicted molar refractivity (Wildman–Crippen MR) is 52.6 cm³/mol. The summed E-state index contributed by atoms with van der Waals surface area (Å²) in [4.78, 5) is 0. The number of hydrogen-bond acceptors (Lipinski definition) is 2. The van der Waals surface area contributed by atoms with Crippen LogP contribution < -0.4 is 5.32 Å². The lowest BCUT2D eigenvalue weighted by molar-refractivity contribution is 0.188. The summed E-state index contributed by atoms with van der Waals surface area (Å²) in [5.41, 5.74) is 1.03. The Hall–Kier alpha value is -0.930. The summed E-state index contributed by atoms with van der Waals surface area (Å²) in [5.74, 6) is 0.416. The Morgan fingerprint density at radius 3 is 2.43 bits per heavy atom. The van der Waals surface area contributed by atoms with E-state index in [-0.39, 0.29) is 18.3 Å². The predicted octanol–water partition coefficient (Wildman–Crippen LogP) is 1.12. The van der Waals surface area contributed by atoms with Crippen molar-refractivity contribution in [3.05, 3.63) is 35.6 Å². The topological polar surface area (TPSA) is 32.3 Å². The fourth-order valence-electron chi connectivity index (χ4n) is 1.83. The van der Waals surface area contributed by atoms with E-state index in [0.29, 0.717) is 5.92 Å². The first-order valence-electron chi connectivity index (χ1n) is 4.88. The van der Waals surface area contributed by atoms with E-state index in [1.165, 1.54) is 12.1 Å². The lowest BCUT2D eigenvalue weighted by atomic mass is 9.83. The van der Waals surface area contributed by atoms with E-state index in [9.17, 15) is 9.50 Å². The Morgan fingerprint density at radius 1 is 1.36 bits per heavy atom. The number of nitrogens with one attached hydrogen (secondary N) is 1. The summed E-state index contributed by atoms with van der Waals surface area (Å²) < 4.78 is 12.7. The van der Waals surface area contributed by atoms with Crippen molar-refractivity contribution in [2.24, 2.45) is 5.92 Å². The number of rotatable bonds is 3. The molecule has 1 unspecified atom stereocenters. The number of halogens is 1. The molecule has 2 rings (SSSR count). The van der Waals surface area contributed by atoms with Crippen molar-refractivity contribution in [2.45, 2.75) is 5.92 Å². The van der Waals surface area contributed by atoms with E-state index in [4.69, 9.17) is 0 Å². The van der Waals surface area contributed by atoms with Gasteiger partial charge in [0.1, 0.15) is 5.82 Å². The summed E-state index contributed by atoms with van der Waals surface area (Å²) in [5, 5.41) is 12.4. The summed E-state index contributed by atoms with van der Waals surface area (Å²) in [6, 6.07) is 6.41. The average molecular weight is 195 g/mol. The Kier molecular flexibility index (Phi) is 2.79. The fraction of sp³-hybridized carbons (Fsp3) is 0.455. The van der Waals surface area contributed by atoms with Crippen molar-refractivity contribution in [1.29, 1.82) is 0 Å². The third-order valence-corrected chi connectivity index (χ3v) is 2.88. The van der Waals surface area contributed by atoms with E-state index in [1.54, 1.807) is 12.1 Å². The highest BCUT2D eigenvalue weighted by molar-refractivity contribution is 5.22. The zero-order valence-electron chi connectivity index (χ0n) is 7.91. The van der Waals surface area contributed by atoms with E-state index in [0.717, 1.165) is 18.7 Å². The third-order valence-electron chi connectivity index (χ3n) is 2.88. The molecule has 0 aliphatic carbocycles. The number of hydrogen-bond donors (Lipinski definition) is 2. The molecule has 14 heavy (non-hydrogen) atoms. The van der Waals surface area contributed by atoms with Crippen LogP contribution in [-0.2, 0) is 0 Å². The average Bonchev–Trinajstić information content (AvgIpc) is 2.13. The molecular weight excluding hydrogens is 181 g/mol. The van der Waals surface area contributed by atoms with Crippen molar-refractivity contribution in [3.63, 3.8) is 0 Å².